The number of hydrogen-bond acceptors (Lipinski definition) is 4. The largest absolute Gasteiger partial charge is 0.497 e. The zero-order chi connectivity index (χ0) is 22.8. The number of rotatable bonds is 10. The molecule has 0 spiro atoms. The summed E-state index contributed by atoms with van der Waals surface area (Å²) in [6, 6.07) is 22.5. The number of benzene rings is 3. The lowest BCUT2D eigenvalue weighted by molar-refractivity contribution is -0.123. The number of carbonyl (C=O) groups is 2. The highest BCUT2D eigenvalue weighted by Gasteiger charge is 2.21. The van der Waals surface area contributed by atoms with Crippen LogP contribution in [0.25, 0.3) is 0 Å². The molecule has 2 N–H and O–H groups in total. The van der Waals surface area contributed by atoms with Gasteiger partial charge in [0.05, 0.1) is 13.7 Å². The Balaban J connectivity index is 1.57. The van der Waals surface area contributed by atoms with Crippen LogP contribution in [0.5, 0.6) is 11.5 Å². The van der Waals surface area contributed by atoms with Gasteiger partial charge in [-0.15, -0.1) is 0 Å². The Kier molecular flexibility index (Phi) is 8.52. The Morgan fingerprint density at radius 2 is 1.56 bits per heavy atom. The first-order valence-corrected chi connectivity index (χ1v) is 10.6. The van der Waals surface area contributed by atoms with Crippen LogP contribution in [0.15, 0.2) is 78.9 Å². The van der Waals surface area contributed by atoms with Crippen LogP contribution in [-0.4, -0.2) is 38.1 Å². The van der Waals surface area contributed by atoms with Crippen LogP contribution in [0.2, 0.25) is 5.02 Å². The first-order chi connectivity index (χ1) is 15.5. The fraction of sp³-hybridized carbons (Fsp3) is 0.200. The molecule has 0 heterocycles. The smallest absolute Gasteiger partial charge is 0.251 e. The van der Waals surface area contributed by atoms with E-state index in [4.69, 9.17) is 21.1 Å². The molecule has 3 aromatic carbocycles. The molecule has 2 amide bonds. The van der Waals surface area contributed by atoms with Gasteiger partial charge in [-0.25, -0.2) is 0 Å². The zero-order valence-electron chi connectivity index (χ0n) is 17.7. The fourth-order valence-corrected chi connectivity index (χ4v) is 3.17. The molecule has 166 valence electrons. The molecule has 0 fully saturated rings. The van der Waals surface area contributed by atoms with E-state index in [0.717, 1.165) is 11.3 Å². The van der Waals surface area contributed by atoms with E-state index in [1.807, 2.05) is 30.3 Å². The van der Waals surface area contributed by atoms with E-state index in [0.29, 0.717) is 35.9 Å². The molecule has 0 bridgehead atoms. The molecular weight excluding hydrogens is 428 g/mol. The highest BCUT2D eigenvalue weighted by Crippen LogP contribution is 2.16. The number of methoxy groups -OCH3 is 1. The first kappa shape index (κ1) is 23.2. The monoisotopic (exact) mass is 452 g/mol. The summed E-state index contributed by atoms with van der Waals surface area (Å²) < 4.78 is 10.8. The van der Waals surface area contributed by atoms with Gasteiger partial charge in [-0.2, -0.15) is 0 Å². The maximum Gasteiger partial charge on any atom is 0.251 e. The van der Waals surface area contributed by atoms with E-state index in [1.54, 1.807) is 55.6 Å². The quantitative estimate of drug-likeness (QED) is 0.458. The Bertz CT molecular complexity index is 1010. The standard InChI is InChI=1S/C25H25ClN2O4/c1-31-21-11-13-22(14-12-21)32-16-15-27-25(30)23(17-18-5-3-2-4-6-18)28-24(29)19-7-9-20(26)10-8-19/h2-14,23H,15-17H2,1H3,(H,27,30)(H,28,29). The predicted octanol–water partition coefficient (Wildman–Crippen LogP) is 3.88. The molecule has 0 saturated heterocycles. The summed E-state index contributed by atoms with van der Waals surface area (Å²) in [6.07, 6.45) is 0.366. The second-order valence-electron chi connectivity index (χ2n) is 7.04. The summed E-state index contributed by atoms with van der Waals surface area (Å²) >= 11 is 5.90. The van der Waals surface area contributed by atoms with Crippen LogP contribution < -0.4 is 20.1 Å². The van der Waals surface area contributed by atoms with E-state index in [2.05, 4.69) is 10.6 Å². The summed E-state index contributed by atoms with van der Waals surface area (Å²) in [6.45, 7) is 0.591. The van der Waals surface area contributed by atoms with Crippen molar-refractivity contribution in [3.63, 3.8) is 0 Å². The molecule has 6 nitrogen and oxygen atoms in total. The molecule has 0 aliphatic rings. The van der Waals surface area contributed by atoms with Gasteiger partial charge in [0.1, 0.15) is 24.1 Å². The molecule has 7 heteroatoms. The van der Waals surface area contributed by atoms with Crippen molar-refractivity contribution >= 4 is 23.4 Å². The third-order valence-corrected chi connectivity index (χ3v) is 4.99. The molecule has 0 aliphatic carbocycles. The molecule has 0 saturated carbocycles. The number of hydrogen-bond donors (Lipinski definition) is 2. The van der Waals surface area contributed by atoms with Crippen molar-refractivity contribution in [2.75, 3.05) is 20.3 Å². The zero-order valence-corrected chi connectivity index (χ0v) is 18.5. The number of nitrogens with one attached hydrogen (secondary N) is 2. The summed E-state index contributed by atoms with van der Waals surface area (Å²) in [5, 5.41) is 6.20. The van der Waals surface area contributed by atoms with Gasteiger partial charge in [-0.1, -0.05) is 41.9 Å². The molecule has 3 aromatic rings. The van der Waals surface area contributed by atoms with Gasteiger partial charge in [0, 0.05) is 17.0 Å². The van der Waals surface area contributed by atoms with Gasteiger partial charge in [-0.05, 0) is 54.1 Å². The summed E-state index contributed by atoms with van der Waals surface area (Å²) in [5.74, 6) is 0.796. The van der Waals surface area contributed by atoms with E-state index in [1.165, 1.54) is 0 Å². The van der Waals surface area contributed by atoms with Crippen molar-refractivity contribution < 1.29 is 19.1 Å². The van der Waals surface area contributed by atoms with Gasteiger partial charge in [0.25, 0.3) is 5.91 Å². The SMILES string of the molecule is COc1ccc(OCCNC(=O)C(Cc2ccccc2)NC(=O)c2ccc(Cl)cc2)cc1. The minimum atomic E-state index is -0.735. The second kappa shape index (κ2) is 11.8. The third kappa shape index (κ3) is 7.03. The topological polar surface area (TPSA) is 76.7 Å². The van der Waals surface area contributed by atoms with Gasteiger partial charge in [-0.3, -0.25) is 9.59 Å². The molecule has 1 unspecified atom stereocenters. The lowest BCUT2D eigenvalue weighted by Gasteiger charge is -2.19. The molecule has 32 heavy (non-hydrogen) atoms. The van der Waals surface area contributed by atoms with Gasteiger partial charge in [0.2, 0.25) is 5.91 Å². The van der Waals surface area contributed by atoms with E-state index < -0.39 is 6.04 Å². The predicted molar refractivity (Wildman–Crippen MR) is 124 cm³/mol. The van der Waals surface area contributed by atoms with Crippen LogP contribution in [0.1, 0.15) is 15.9 Å². The first-order valence-electron chi connectivity index (χ1n) is 10.2. The van der Waals surface area contributed by atoms with E-state index in [-0.39, 0.29) is 11.8 Å². The van der Waals surface area contributed by atoms with Crippen molar-refractivity contribution in [1.29, 1.82) is 0 Å². The van der Waals surface area contributed by atoms with Crippen molar-refractivity contribution in [3.8, 4) is 11.5 Å². The molecule has 0 aliphatic heterocycles. The highest BCUT2D eigenvalue weighted by molar-refractivity contribution is 6.30. The van der Waals surface area contributed by atoms with Crippen LogP contribution in [0.4, 0.5) is 0 Å². The molecule has 3 rings (SSSR count). The number of carbonyl (C=O) groups excluding carboxylic acids is 2. The molecular formula is C25H25ClN2O4. The number of halogens is 1. The van der Waals surface area contributed by atoms with Crippen molar-refractivity contribution in [2.45, 2.75) is 12.5 Å². The summed E-state index contributed by atoms with van der Waals surface area (Å²) in [5.41, 5.74) is 1.38. The maximum absolute atomic E-state index is 12.8. The van der Waals surface area contributed by atoms with Crippen LogP contribution in [0.3, 0.4) is 0 Å². The summed E-state index contributed by atoms with van der Waals surface area (Å²) in [4.78, 5) is 25.5. The minimum Gasteiger partial charge on any atom is -0.497 e. The van der Waals surface area contributed by atoms with Crippen molar-refractivity contribution in [2.24, 2.45) is 0 Å². The van der Waals surface area contributed by atoms with Gasteiger partial charge in [0.15, 0.2) is 0 Å². The second-order valence-corrected chi connectivity index (χ2v) is 7.47. The van der Waals surface area contributed by atoms with Crippen LogP contribution >= 0.6 is 11.6 Å². The Hall–Kier alpha value is -3.51. The van der Waals surface area contributed by atoms with Crippen LogP contribution in [-0.2, 0) is 11.2 Å². The Morgan fingerprint density at radius 3 is 2.22 bits per heavy atom. The maximum atomic E-state index is 12.8. The molecule has 1 atom stereocenters. The van der Waals surface area contributed by atoms with Crippen molar-refractivity contribution in [3.05, 3.63) is 95.0 Å². The lowest BCUT2D eigenvalue weighted by atomic mass is 10.0. The number of amides is 2. The minimum absolute atomic E-state index is 0.283. The van der Waals surface area contributed by atoms with E-state index in [9.17, 15) is 9.59 Å². The Labute approximate surface area is 192 Å². The summed E-state index contributed by atoms with van der Waals surface area (Å²) in [7, 11) is 1.60. The van der Waals surface area contributed by atoms with Crippen molar-refractivity contribution in [1.82, 2.24) is 10.6 Å². The average molecular weight is 453 g/mol. The van der Waals surface area contributed by atoms with Gasteiger partial charge < -0.3 is 20.1 Å². The third-order valence-electron chi connectivity index (χ3n) is 4.74. The normalized spacial score (nSPS) is 11.3. The number of ether oxygens (including phenoxy) is 2. The average Bonchev–Trinajstić information content (AvgIpc) is 2.82. The fourth-order valence-electron chi connectivity index (χ4n) is 3.04. The van der Waals surface area contributed by atoms with Crippen LogP contribution in [0, 0.1) is 0 Å². The van der Waals surface area contributed by atoms with Gasteiger partial charge >= 0.3 is 0 Å². The highest BCUT2D eigenvalue weighted by atomic mass is 35.5. The molecule has 0 aromatic heterocycles. The lowest BCUT2D eigenvalue weighted by Crippen LogP contribution is -2.48. The Morgan fingerprint density at radius 1 is 0.906 bits per heavy atom. The van der Waals surface area contributed by atoms with E-state index >= 15 is 0 Å². The molecule has 0 radical (unpaired) electrons.